The van der Waals surface area contributed by atoms with Crippen LogP contribution in [0.4, 0.5) is 5.69 Å². The van der Waals surface area contributed by atoms with Gasteiger partial charge in [0.2, 0.25) is 0 Å². The van der Waals surface area contributed by atoms with Crippen molar-refractivity contribution in [2.45, 2.75) is 24.3 Å². The second-order valence-electron chi connectivity index (χ2n) is 6.99. The van der Waals surface area contributed by atoms with Crippen LogP contribution in [-0.4, -0.2) is 32.1 Å². The maximum Gasteiger partial charge on any atom is 0.261 e. The number of hydrogen-bond donors (Lipinski definition) is 3. The smallest absolute Gasteiger partial charge is 0.261 e. The third-order valence-electron chi connectivity index (χ3n) is 4.67. The van der Waals surface area contributed by atoms with Crippen molar-refractivity contribution >= 4 is 21.6 Å². The summed E-state index contributed by atoms with van der Waals surface area (Å²) in [6.45, 7) is 1.57. The first kappa shape index (κ1) is 21.5. The van der Waals surface area contributed by atoms with Gasteiger partial charge >= 0.3 is 0 Å². The molecule has 30 heavy (non-hydrogen) atoms. The van der Waals surface area contributed by atoms with Crippen LogP contribution in [0.1, 0.15) is 21.5 Å². The van der Waals surface area contributed by atoms with E-state index in [0.717, 1.165) is 5.56 Å². The molecule has 3 aromatic carbocycles. The van der Waals surface area contributed by atoms with Gasteiger partial charge in [-0.15, -0.1) is 0 Å². The van der Waals surface area contributed by atoms with Crippen LogP contribution >= 0.6 is 0 Å². The number of aliphatic hydroxyl groups is 1. The Morgan fingerprint density at radius 1 is 0.967 bits per heavy atom. The molecular formula is C23H24N2O4S. The van der Waals surface area contributed by atoms with E-state index >= 15 is 0 Å². The molecule has 3 aromatic rings. The Morgan fingerprint density at radius 2 is 1.60 bits per heavy atom. The normalized spacial score (nSPS) is 12.2. The largest absolute Gasteiger partial charge is 0.394 e. The first-order valence-corrected chi connectivity index (χ1v) is 11.0. The molecule has 0 fully saturated rings. The maximum atomic E-state index is 12.8. The summed E-state index contributed by atoms with van der Waals surface area (Å²) in [5.41, 5.74) is 2.33. The molecular weight excluding hydrogens is 400 g/mol. The highest BCUT2D eigenvalue weighted by molar-refractivity contribution is 7.92. The number of rotatable bonds is 8. The monoisotopic (exact) mass is 424 g/mol. The molecule has 0 saturated carbocycles. The van der Waals surface area contributed by atoms with E-state index in [2.05, 4.69) is 10.0 Å². The van der Waals surface area contributed by atoms with Gasteiger partial charge in [-0.1, -0.05) is 54.6 Å². The molecule has 0 spiro atoms. The van der Waals surface area contributed by atoms with E-state index in [-0.39, 0.29) is 17.4 Å². The van der Waals surface area contributed by atoms with Crippen molar-refractivity contribution in [2.75, 3.05) is 11.3 Å². The Balaban J connectivity index is 1.76. The van der Waals surface area contributed by atoms with Gasteiger partial charge in [-0.05, 0) is 48.7 Å². The van der Waals surface area contributed by atoms with Gasteiger partial charge in [-0.3, -0.25) is 9.52 Å². The van der Waals surface area contributed by atoms with Crippen molar-refractivity contribution in [1.29, 1.82) is 0 Å². The van der Waals surface area contributed by atoms with Gasteiger partial charge in [0.15, 0.2) is 0 Å². The predicted octanol–water partition coefficient (Wildman–Crippen LogP) is 3.13. The maximum absolute atomic E-state index is 12.8. The van der Waals surface area contributed by atoms with Gasteiger partial charge in [0.1, 0.15) is 0 Å². The minimum atomic E-state index is -3.76. The molecule has 3 rings (SSSR count). The van der Waals surface area contributed by atoms with Crippen LogP contribution in [0, 0.1) is 6.92 Å². The summed E-state index contributed by atoms with van der Waals surface area (Å²) in [4.78, 5) is 13.0. The van der Waals surface area contributed by atoms with Crippen LogP contribution < -0.4 is 10.0 Å². The number of benzene rings is 3. The summed E-state index contributed by atoms with van der Waals surface area (Å²) in [6.07, 6.45) is 0.489. The quantitative estimate of drug-likeness (QED) is 0.518. The van der Waals surface area contributed by atoms with Gasteiger partial charge in [-0.25, -0.2) is 8.42 Å². The van der Waals surface area contributed by atoms with E-state index in [4.69, 9.17) is 0 Å². The predicted molar refractivity (Wildman–Crippen MR) is 117 cm³/mol. The van der Waals surface area contributed by atoms with Crippen LogP contribution in [0.15, 0.2) is 83.8 Å². The third kappa shape index (κ3) is 5.46. The number of aryl methyl sites for hydroxylation is 1. The Labute approximate surface area is 176 Å². The minimum Gasteiger partial charge on any atom is -0.394 e. The Morgan fingerprint density at radius 3 is 2.23 bits per heavy atom. The Hall–Kier alpha value is -3.16. The zero-order valence-electron chi connectivity index (χ0n) is 16.6. The van der Waals surface area contributed by atoms with Crippen molar-refractivity contribution in [2.24, 2.45) is 0 Å². The molecule has 0 aliphatic carbocycles. The summed E-state index contributed by atoms with van der Waals surface area (Å²) in [6, 6.07) is 21.9. The first-order chi connectivity index (χ1) is 14.4. The number of sulfonamides is 1. The zero-order chi connectivity index (χ0) is 21.6. The van der Waals surface area contributed by atoms with Crippen molar-refractivity contribution < 1.29 is 18.3 Å². The van der Waals surface area contributed by atoms with Gasteiger partial charge in [0, 0.05) is 11.3 Å². The van der Waals surface area contributed by atoms with E-state index in [1.54, 1.807) is 37.3 Å². The molecule has 7 heteroatoms. The standard InChI is InChI=1S/C23H24N2O4S/c1-17-12-13-19(25-30(28,29)21-10-6-3-7-11-21)15-22(17)23(27)24-20(16-26)14-18-8-4-2-5-9-18/h2-13,15,20,25-26H,14,16H2,1H3,(H,24,27)/t20-/m0/s1. The molecule has 0 aromatic heterocycles. The number of amides is 1. The number of carbonyl (C=O) groups is 1. The summed E-state index contributed by atoms with van der Waals surface area (Å²) in [5, 5.41) is 12.5. The Bertz CT molecular complexity index is 1100. The molecule has 1 atom stereocenters. The molecule has 0 aliphatic heterocycles. The van der Waals surface area contributed by atoms with Crippen LogP contribution in [0.25, 0.3) is 0 Å². The minimum absolute atomic E-state index is 0.139. The molecule has 6 nitrogen and oxygen atoms in total. The van der Waals surface area contributed by atoms with E-state index < -0.39 is 16.1 Å². The van der Waals surface area contributed by atoms with Crippen molar-refractivity contribution in [3.63, 3.8) is 0 Å². The molecule has 0 heterocycles. The average Bonchev–Trinajstić information content (AvgIpc) is 2.75. The average molecular weight is 425 g/mol. The van der Waals surface area contributed by atoms with Crippen LogP contribution in [-0.2, 0) is 16.4 Å². The van der Waals surface area contributed by atoms with Gasteiger partial charge in [-0.2, -0.15) is 0 Å². The van der Waals surface area contributed by atoms with E-state index in [1.165, 1.54) is 18.2 Å². The lowest BCUT2D eigenvalue weighted by Gasteiger charge is -2.18. The van der Waals surface area contributed by atoms with E-state index in [9.17, 15) is 18.3 Å². The number of aliphatic hydroxyl groups excluding tert-OH is 1. The lowest BCUT2D eigenvalue weighted by Crippen LogP contribution is -2.39. The van der Waals surface area contributed by atoms with Crippen LogP contribution in [0.3, 0.4) is 0 Å². The highest BCUT2D eigenvalue weighted by Gasteiger charge is 2.18. The molecule has 156 valence electrons. The molecule has 0 radical (unpaired) electrons. The fourth-order valence-corrected chi connectivity index (χ4v) is 4.14. The van der Waals surface area contributed by atoms with Crippen LogP contribution in [0.5, 0.6) is 0 Å². The molecule has 3 N–H and O–H groups in total. The van der Waals surface area contributed by atoms with Gasteiger partial charge in [0.05, 0.1) is 17.5 Å². The zero-order valence-corrected chi connectivity index (χ0v) is 17.4. The SMILES string of the molecule is Cc1ccc(NS(=O)(=O)c2ccccc2)cc1C(=O)N[C@H](CO)Cc1ccccc1. The molecule has 0 bridgehead atoms. The highest BCUT2D eigenvalue weighted by atomic mass is 32.2. The molecule has 1 amide bonds. The molecule has 0 unspecified atom stereocenters. The van der Waals surface area contributed by atoms with Crippen molar-refractivity contribution in [1.82, 2.24) is 5.32 Å². The molecule has 0 saturated heterocycles. The van der Waals surface area contributed by atoms with Crippen molar-refractivity contribution in [3.8, 4) is 0 Å². The van der Waals surface area contributed by atoms with Crippen molar-refractivity contribution in [3.05, 3.63) is 95.6 Å². The van der Waals surface area contributed by atoms with Gasteiger partial charge in [0.25, 0.3) is 15.9 Å². The summed E-state index contributed by atoms with van der Waals surface area (Å²) < 4.78 is 27.6. The van der Waals surface area contributed by atoms with Crippen LogP contribution in [0.2, 0.25) is 0 Å². The van der Waals surface area contributed by atoms with Gasteiger partial charge < -0.3 is 10.4 Å². The number of carbonyl (C=O) groups excluding carboxylic acids is 1. The number of nitrogens with one attached hydrogen (secondary N) is 2. The number of hydrogen-bond acceptors (Lipinski definition) is 4. The lowest BCUT2D eigenvalue weighted by atomic mass is 10.0. The first-order valence-electron chi connectivity index (χ1n) is 9.53. The lowest BCUT2D eigenvalue weighted by molar-refractivity contribution is 0.0916. The highest BCUT2D eigenvalue weighted by Crippen LogP contribution is 2.20. The third-order valence-corrected chi connectivity index (χ3v) is 6.07. The summed E-state index contributed by atoms with van der Waals surface area (Å²) in [7, 11) is -3.76. The summed E-state index contributed by atoms with van der Waals surface area (Å²) >= 11 is 0. The Kier molecular flexibility index (Phi) is 6.87. The second-order valence-corrected chi connectivity index (χ2v) is 8.67. The topological polar surface area (TPSA) is 95.5 Å². The fourth-order valence-electron chi connectivity index (χ4n) is 3.07. The fraction of sp³-hybridized carbons (Fsp3) is 0.174. The van der Waals surface area contributed by atoms with E-state index in [0.29, 0.717) is 23.2 Å². The number of anilines is 1. The van der Waals surface area contributed by atoms with E-state index in [1.807, 2.05) is 30.3 Å². The second kappa shape index (κ2) is 9.56. The summed E-state index contributed by atoms with van der Waals surface area (Å²) in [5.74, 6) is -0.372. The molecule has 0 aliphatic rings.